The molecule has 6 nitrogen and oxygen atoms in total. The average Bonchev–Trinajstić information content (AvgIpc) is 2.88. The summed E-state index contributed by atoms with van der Waals surface area (Å²) < 4.78 is 0. The number of hydrogen-bond donors (Lipinski definition) is 2. The summed E-state index contributed by atoms with van der Waals surface area (Å²) in [5.41, 5.74) is 9.01. The molecule has 2 unspecified atom stereocenters. The van der Waals surface area contributed by atoms with Crippen LogP contribution in [0.4, 0.5) is 0 Å². The zero-order valence-electron chi connectivity index (χ0n) is 11.1. The molecule has 110 valence electrons. The van der Waals surface area contributed by atoms with Gasteiger partial charge in [0.15, 0.2) is 0 Å². The SMILES string of the molecule is Cc1ncsc1C=CC1=C(C(=O)O)N2C(=O)C(N)C2SC1. The number of aryl methyl sites for hydroxylation is 1. The zero-order chi connectivity index (χ0) is 15.1. The number of amides is 1. The third kappa shape index (κ3) is 2.29. The summed E-state index contributed by atoms with van der Waals surface area (Å²) in [7, 11) is 0. The van der Waals surface area contributed by atoms with Gasteiger partial charge in [-0.15, -0.1) is 23.1 Å². The fourth-order valence-corrected chi connectivity index (χ4v) is 4.27. The van der Waals surface area contributed by atoms with Crippen molar-refractivity contribution in [2.24, 2.45) is 5.73 Å². The molecule has 0 bridgehead atoms. The van der Waals surface area contributed by atoms with E-state index in [1.165, 1.54) is 28.0 Å². The van der Waals surface area contributed by atoms with E-state index >= 15 is 0 Å². The number of carbonyl (C=O) groups excluding carboxylic acids is 1. The fraction of sp³-hybridized carbons (Fsp3) is 0.308. The number of carbonyl (C=O) groups is 2. The Balaban J connectivity index is 1.95. The van der Waals surface area contributed by atoms with Crippen molar-refractivity contribution in [1.82, 2.24) is 9.88 Å². The first-order valence-electron chi connectivity index (χ1n) is 6.25. The van der Waals surface area contributed by atoms with Crippen molar-refractivity contribution in [3.63, 3.8) is 0 Å². The molecule has 1 amide bonds. The summed E-state index contributed by atoms with van der Waals surface area (Å²) in [5, 5.41) is 9.14. The quantitative estimate of drug-likeness (QED) is 0.807. The first-order valence-corrected chi connectivity index (χ1v) is 8.18. The van der Waals surface area contributed by atoms with Crippen LogP contribution >= 0.6 is 23.1 Å². The lowest BCUT2D eigenvalue weighted by Gasteiger charge is -2.47. The van der Waals surface area contributed by atoms with E-state index in [4.69, 9.17) is 5.73 Å². The summed E-state index contributed by atoms with van der Waals surface area (Å²) in [4.78, 5) is 29.7. The summed E-state index contributed by atoms with van der Waals surface area (Å²) in [6.07, 6.45) is 3.60. The predicted molar refractivity (Wildman–Crippen MR) is 81.6 cm³/mol. The minimum Gasteiger partial charge on any atom is -0.477 e. The maximum absolute atomic E-state index is 11.8. The summed E-state index contributed by atoms with van der Waals surface area (Å²) in [6, 6.07) is -0.598. The minimum absolute atomic E-state index is 0.0452. The van der Waals surface area contributed by atoms with E-state index in [0.29, 0.717) is 11.3 Å². The number of aromatic nitrogens is 1. The van der Waals surface area contributed by atoms with Crippen molar-refractivity contribution in [1.29, 1.82) is 0 Å². The Kier molecular flexibility index (Phi) is 3.60. The smallest absolute Gasteiger partial charge is 0.352 e. The first-order chi connectivity index (χ1) is 10.0. The highest BCUT2D eigenvalue weighted by molar-refractivity contribution is 8.00. The van der Waals surface area contributed by atoms with Crippen LogP contribution in [0, 0.1) is 6.92 Å². The summed E-state index contributed by atoms with van der Waals surface area (Å²) in [5.74, 6) is -0.899. The van der Waals surface area contributed by atoms with Crippen molar-refractivity contribution in [3.8, 4) is 0 Å². The topological polar surface area (TPSA) is 96.5 Å². The summed E-state index contributed by atoms with van der Waals surface area (Å²) in [6.45, 7) is 1.90. The van der Waals surface area contributed by atoms with Crippen molar-refractivity contribution in [2.75, 3.05) is 5.75 Å². The van der Waals surface area contributed by atoms with Gasteiger partial charge in [-0.25, -0.2) is 9.78 Å². The molecule has 1 fully saturated rings. The molecular formula is C13H13N3O3S2. The van der Waals surface area contributed by atoms with E-state index in [-0.39, 0.29) is 17.0 Å². The van der Waals surface area contributed by atoms with Gasteiger partial charge in [-0.05, 0) is 18.6 Å². The van der Waals surface area contributed by atoms with Crippen LogP contribution < -0.4 is 5.73 Å². The Morgan fingerprint density at radius 2 is 2.33 bits per heavy atom. The molecule has 0 saturated carbocycles. The molecule has 1 saturated heterocycles. The van der Waals surface area contributed by atoms with Gasteiger partial charge < -0.3 is 10.8 Å². The van der Waals surface area contributed by atoms with Crippen molar-refractivity contribution in [2.45, 2.75) is 18.3 Å². The van der Waals surface area contributed by atoms with Gasteiger partial charge in [-0.1, -0.05) is 6.08 Å². The third-order valence-electron chi connectivity index (χ3n) is 3.46. The van der Waals surface area contributed by atoms with Crippen LogP contribution in [-0.2, 0) is 9.59 Å². The number of carboxylic acids is 1. The van der Waals surface area contributed by atoms with E-state index in [0.717, 1.165) is 10.6 Å². The first kappa shape index (κ1) is 14.3. The van der Waals surface area contributed by atoms with Crippen LogP contribution in [0.1, 0.15) is 10.6 Å². The van der Waals surface area contributed by atoms with E-state index in [2.05, 4.69) is 4.98 Å². The number of nitrogens with zero attached hydrogens (tertiary/aromatic N) is 2. The molecule has 1 aromatic rings. The number of nitrogens with two attached hydrogens (primary N) is 1. The van der Waals surface area contributed by atoms with Gasteiger partial charge in [-0.3, -0.25) is 9.69 Å². The monoisotopic (exact) mass is 323 g/mol. The second-order valence-electron chi connectivity index (χ2n) is 4.75. The van der Waals surface area contributed by atoms with Crippen molar-refractivity contribution >= 4 is 41.1 Å². The third-order valence-corrected chi connectivity index (χ3v) is 5.68. The van der Waals surface area contributed by atoms with Gasteiger partial charge in [0.05, 0.1) is 11.2 Å². The van der Waals surface area contributed by atoms with Crippen LogP contribution in [0.2, 0.25) is 0 Å². The van der Waals surface area contributed by atoms with Crippen LogP contribution in [0.25, 0.3) is 6.08 Å². The normalized spacial score (nSPS) is 25.2. The second-order valence-corrected chi connectivity index (χ2v) is 6.74. The minimum atomic E-state index is -1.10. The van der Waals surface area contributed by atoms with Crippen LogP contribution in [0.5, 0.6) is 0 Å². The van der Waals surface area contributed by atoms with E-state index < -0.39 is 12.0 Å². The Labute approximate surface area is 129 Å². The molecule has 3 heterocycles. The largest absolute Gasteiger partial charge is 0.477 e. The molecule has 21 heavy (non-hydrogen) atoms. The number of allylic oxidation sites excluding steroid dienone is 1. The Morgan fingerprint density at radius 1 is 1.57 bits per heavy atom. The van der Waals surface area contributed by atoms with E-state index in [9.17, 15) is 14.7 Å². The number of fused-ring (bicyclic) bond motifs is 1. The molecule has 2 atom stereocenters. The summed E-state index contributed by atoms with van der Waals surface area (Å²) >= 11 is 2.98. The van der Waals surface area contributed by atoms with Crippen LogP contribution in [0.15, 0.2) is 22.9 Å². The number of aliphatic carboxylic acids is 1. The van der Waals surface area contributed by atoms with Gasteiger partial charge in [-0.2, -0.15) is 0 Å². The lowest BCUT2D eigenvalue weighted by atomic mass is 10.0. The molecule has 3 N–H and O–H groups in total. The highest BCUT2D eigenvalue weighted by Crippen LogP contribution is 2.39. The molecule has 2 aliphatic rings. The van der Waals surface area contributed by atoms with Crippen molar-refractivity contribution in [3.05, 3.63) is 33.4 Å². The molecule has 0 radical (unpaired) electrons. The number of rotatable bonds is 3. The van der Waals surface area contributed by atoms with Crippen molar-refractivity contribution < 1.29 is 14.7 Å². The van der Waals surface area contributed by atoms with Crippen LogP contribution in [0.3, 0.4) is 0 Å². The number of thioether (sulfide) groups is 1. The Morgan fingerprint density at radius 3 is 2.95 bits per heavy atom. The number of β-lactam (4-membered cyclic amide) rings is 1. The standard InChI is InChI=1S/C13H13N3O3S2/c1-6-8(21-5-15-6)3-2-7-4-20-12-9(14)11(17)16(12)10(7)13(18)19/h2-3,5,9,12H,4,14H2,1H3,(H,18,19). The Hall–Kier alpha value is -1.64. The van der Waals surface area contributed by atoms with E-state index in [1.807, 2.05) is 13.0 Å². The molecule has 0 aliphatic carbocycles. The predicted octanol–water partition coefficient (Wildman–Crippen LogP) is 1.05. The van der Waals surface area contributed by atoms with Gasteiger partial charge in [0.1, 0.15) is 17.1 Å². The number of hydrogen-bond acceptors (Lipinski definition) is 6. The molecule has 8 heteroatoms. The maximum atomic E-state index is 11.8. The van der Waals surface area contributed by atoms with Gasteiger partial charge >= 0.3 is 5.97 Å². The number of carboxylic acid groups (broad SMARTS) is 1. The lowest BCUT2D eigenvalue weighted by Crippen LogP contribution is -2.68. The zero-order valence-corrected chi connectivity index (χ0v) is 12.8. The van der Waals surface area contributed by atoms with Crippen LogP contribution in [-0.4, -0.2) is 44.0 Å². The fourth-order valence-electron chi connectivity index (χ4n) is 2.32. The highest BCUT2D eigenvalue weighted by atomic mass is 32.2. The molecule has 1 aromatic heterocycles. The van der Waals surface area contributed by atoms with E-state index in [1.54, 1.807) is 11.6 Å². The maximum Gasteiger partial charge on any atom is 0.352 e. The molecular weight excluding hydrogens is 310 g/mol. The Bertz CT molecular complexity index is 680. The van der Waals surface area contributed by atoms with Gasteiger partial charge in [0.25, 0.3) is 0 Å². The molecule has 0 spiro atoms. The highest BCUT2D eigenvalue weighted by Gasteiger charge is 2.51. The van der Waals surface area contributed by atoms with Gasteiger partial charge in [0.2, 0.25) is 5.91 Å². The molecule has 3 rings (SSSR count). The van der Waals surface area contributed by atoms with Gasteiger partial charge in [0, 0.05) is 10.6 Å². The molecule has 2 aliphatic heterocycles. The average molecular weight is 323 g/mol. The molecule has 0 aromatic carbocycles. The number of thiazole rings is 1. The lowest BCUT2D eigenvalue weighted by molar-refractivity contribution is -0.147. The second kappa shape index (κ2) is 5.28.